The quantitative estimate of drug-likeness (QED) is 0.605. The Bertz CT molecular complexity index is 384. The highest BCUT2D eigenvalue weighted by Crippen LogP contribution is 2.24. The molecule has 0 saturated heterocycles. The Morgan fingerprint density at radius 1 is 1.36 bits per heavy atom. The summed E-state index contributed by atoms with van der Waals surface area (Å²) in [5, 5.41) is 0. The molecule has 1 heteroatoms. The lowest BCUT2D eigenvalue weighted by molar-refractivity contribution is 0.868. The third-order valence-electron chi connectivity index (χ3n) is 2.42. The number of terminal acetylenes is 1. The van der Waals surface area contributed by atoms with Crippen molar-refractivity contribution in [1.82, 2.24) is 0 Å². The van der Waals surface area contributed by atoms with Gasteiger partial charge in [-0.25, -0.2) is 0 Å². The van der Waals surface area contributed by atoms with Crippen molar-refractivity contribution in [2.45, 2.75) is 6.42 Å². The standard InChI is InChI=1S/C13H13N/c1-2-10-14-11-6-5-8-12-7-3-4-9-13(12)14/h1,3-5,7-9H,6,10-11H2. The Labute approximate surface area is 85.0 Å². The van der Waals surface area contributed by atoms with E-state index in [-0.39, 0.29) is 0 Å². The SMILES string of the molecule is C#CCN1CCC=Cc2ccccc21. The number of fused-ring (bicyclic) bond motifs is 1. The van der Waals surface area contributed by atoms with Crippen molar-refractivity contribution in [3.05, 3.63) is 35.9 Å². The zero-order valence-corrected chi connectivity index (χ0v) is 8.11. The zero-order valence-electron chi connectivity index (χ0n) is 8.11. The normalized spacial score (nSPS) is 14.4. The van der Waals surface area contributed by atoms with Crippen LogP contribution in [0.1, 0.15) is 12.0 Å². The maximum atomic E-state index is 5.36. The fourth-order valence-electron chi connectivity index (χ4n) is 1.75. The topological polar surface area (TPSA) is 3.24 Å². The van der Waals surface area contributed by atoms with Crippen molar-refractivity contribution in [2.75, 3.05) is 18.0 Å². The summed E-state index contributed by atoms with van der Waals surface area (Å²) in [6, 6.07) is 8.37. The molecule has 1 aliphatic heterocycles. The molecule has 0 spiro atoms. The molecule has 0 fully saturated rings. The number of benzene rings is 1. The Morgan fingerprint density at radius 3 is 3.07 bits per heavy atom. The second-order valence-corrected chi connectivity index (χ2v) is 3.38. The fraction of sp³-hybridized carbons (Fsp3) is 0.231. The Balaban J connectivity index is 2.39. The zero-order chi connectivity index (χ0) is 9.80. The van der Waals surface area contributed by atoms with Gasteiger partial charge in [0.15, 0.2) is 0 Å². The van der Waals surface area contributed by atoms with Crippen LogP contribution in [0.15, 0.2) is 30.3 Å². The number of anilines is 1. The first-order valence-corrected chi connectivity index (χ1v) is 4.86. The Hall–Kier alpha value is -1.68. The molecule has 0 aromatic heterocycles. The molecule has 2 rings (SSSR count). The molecular formula is C13H13N. The highest BCUT2D eigenvalue weighted by atomic mass is 15.1. The summed E-state index contributed by atoms with van der Waals surface area (Å²) >= 11 is 0. The highest BCUT2D eigenvalue weighted by molar-refractivity contribution is 5.69. The molecule has 1 aromatic rings. The van der Waals surface area contributed by atoms with E-state index in [1.54, 1.807) is 0 Å². The van der Waals surface area contributed by atoms with Crippen LogP contribution < -0.4 is 4.90 Å². The molecular weight excluding hydrogens is 170 g/mol. The van der Waals surface area contributed by atoms with Crippen LogP contribution in [0.25, 0.3) is 6.08 Å². The number of rotatable bonds is 1. The van der Waals surface area contributed by atoms with Crippen LogP contribution in [0.4, 0.5) is 5.69 Å². The van der Waals surface area contributed by atoms with E-state index >= 15 is 0 Å². The van der Waals surface area contributed by atoms with Crippen molar-refractivity contribution < 1.29 is 0 Å². The molecule has 1 aromatic carbocycles. The monoisotopic (exact) mass is 183 g/mol. The second kappa shape index (κ2) is 4.02. The summed E-state index contributed by atoms with van der Waals surface area (Å²) in [5.41, 5.74) is 2.51. The van der Waals surface area contributed by atoms with Crippen LogP contribution >= 0.6 is 0 Å². The molecule has 0 aliphatic carbocycles. The lowest BCUT2D eigenvalue weighted by Crippen LogP contribution is -2.24. The Morgan fingerprint density at radius 2 is 2.21 bits per heavy atom. The molecule has 70 valence electrons. The van der Waals surface area contributed by atoms with Crippen LogP contribution in [0, 0.1) is 12.3 Å². The van der Waals surface area contributed by atoms with Gasteiger partial charge >= 0.3 is 0 Å². The number of hydrogen-bond donors (Lipinski definition) is 0. The molecule has 1 heterocycles. The summed E-state index contributed by atoms with van der Waals surface area (Å²) in [7, 11) is 0. The number of hydrogen-bond acceptors (Lipinski definition) is 1. The molecule has 1 aliphatic rings. The third-order valence-corrected chi connectivity index (χ3v) is 2.42. The van der Waals surface area contributed by atoms with Crippen molar-refractivity contribution in [3.8, 4) is 12.3 Å². The van der Waals surface area contributed by atoms with Gasteiger partial charge in [-0.3, -0.25) is 0 Å². The van der Waals surface area contributed by atoms with Crippen molar-refractivity contribution >= 4 is 11.8 Å². The number of para-hydroxylation sites is 1. The van der Waals surface area contributed by atoms with E-state index in [0.29, 0.717) is 6.54 Å². The predicted molar refractivity (Wildman–Crippen MR) is 61.1 cm³/mol. The van der Waals surface area contributed by atoms with Gasteiger partial charge in [0.05, 0.1) is 6.54 Å². The summed E-state index contributed by atoms with van der Waals surface area (Å²) in [5.74, 6) is 2.70. The van der Waals surface area contributed by atoms with Crippen LogP contribution in [0.3, 0.4) is 0 Å². The summed E-state index contributed by atoms with van der Waals surface area (Å²) < 4.78 is 0. The molecule has 1 nitrogen and oxygen atoms in total. The first-order chi connectivity index (χ1) is 6.92. The van der Waals surface area contributed by atoms with Gasteiger partial charge in [-0.1, -0.05) is 36.3 Å². The smallest absolute Gasteiger partial charge is 0.0792 e. The van der Waals surface area contributed by atoms with Crippen molar-refractivity contribution in [1.29, 1.82) is 0 Å². The summed E-state index contributed by atoms with van der Waals surface area (Å²) in [4.78, 5) is 2.25. The van der Waals surface area contributed by atoms with Gasteiger partial charge in [0, 0.05) is 12.2 Å². The highest BCUT2D eigenvalue weighted by Gasteiger charge is 2.09. The molecule has 0 atom stereocenters. The van der Waals surface area contributed by atoms with E-state index in [9.17, 15) is 0 Å². The van der Waals surface area contributed by atoms with Gasteiger partial charge in [0.1, 0.15) is 0 Å². The van der Waals surface area contributed by atoms with Crippen LogP contribution in [0.2, 0.25) is 0 Å². The van der Waals surface area contributed by atoms with E-state index in [0.717, 1.165) is 13.0 Å². The first kappa shape index (κ1) is 8.90. The van der Waals surface area contributed by atoms with Gasteiger partial charge in [0.2, 0.25) is 0 Å². The molecule has 0 unspecified atom stereocenters. The largest absolute Gasteiger partial charge is 0.360 e. The minimum absolute atomic E-state index is 0.693. The van der Waals surface area contributed by atoms with Gasteiger partial charge in [-0.05, 0) is 18.1 Å². The minimum atomic E-state index is 0.693. The van der Waals surface area contributed by atoms with Gasteiger partial charge in [0.25, 0.3) is 0 Å². The summed E-state index contributed by atoms with van der Waals surface area (Å²) in [6.07, 6.45) is 10.8. The van der Waals surface area contributed by atoms with E-state index in [1.165, 1.54) is 11.3 Å². The Kier molecular flexibility index (Phi) is 2.55. The summed E-state index contributed by atoms with van der Waals surface area (Å²) in [6.45, 7) is 1.70. The average Bonchev–Trinajstić information content (AvgIpc) is 2.42. The average molecular weight is 183 g/mol. The van der Waals surface area contributed by atoms with E-state index < -0.39 is 0 Å². The van der Waals surface area contributed by atoms with Crippen molar-refractivity contribution in [3.63, 3.8) is 0 Å². The van der Waals surface area contributed by atoms with Gasteiger partial charge in [-0.2, -0.15) is 0 Å². The van der Waals surface area contributed by atoms with E-state index in [1.807, 2.05) is 0 Å². The molecule has 0 bridgehead atoms. The lowest BCUT2D eigenvalue weighted by atomic mass is 10.1. The van der Waals surface area contributed by atoms with Crippen molar-refractivity contribution in [2.24, 2.45) is 0 Å². The van der Waals surface area contributed by atoms with Crippen LogP contribution in [-0.4, -0.2) is 13.1 Å². The maximum Gasteiger partial charge on any atom is 0.0792 e. The number of nitrogens with zero attached hydrogens (tertiary/aromatic N) is 1. The molecule has 0 N–H and O–H groups in total. The maximum absolute atomic E-state index is 5.36. The van der Waals surface area contributed by atoms with E-state index in [2.05, 4.69) is 47.2 Å². The second-order valence-electron chi connectivity index (χ2n) is 3.38. The molecule has 0 amide bonds. The molecule has 14 heavy (non-hydrogen) atoms. The third kappa shape index (κ3) is 1.65. The fourth-order valence-corrected chi connectivity index (χ4v) is 1.75. The van der Waals surface area contributed by atoms with Crippen LogP contribution in [-0.2, 0) is 0 Å². The van der Waals surface area contributed by atoms with E-state index in [4.69, 9.17) is 6.42 Å². The predicted octanol–water partition coefficient (Wildman–Crippen LogP) is 2.54. The van der Waals surface area contributed by atoms with Crippen LogP contribution in [0.5, 0.6) is 0 Å². The molecule has 0 saturated carbocycles. The van der Waals surface area contributed by atoms with Gasteiger partial charge < -0.3 is 4.90 Å². The lowest BCUT2D eigenvalue weighted by Gasteiger charge is -2.22. The van der Waals surface area contributed by atoms with Gasteiger partial charge in [-0.15, -0.1) is 6.42 Å². The molecule has 0 radical (unpaired) electrons. The first-order valence-electron chi connectivity index (χ1n) is 4.86. The minimum Gasteiger partial charge on any atom is -0.360 e.